The second-order valence-electron chi connectivity index (χ2n) is 4.78. The van der Waals surface area contributed by atoms with E-state index in [-0.39, 0.29) is 0 Å². The Hall–Kier alpha value is -1.27. The molecule has 170 valence electrons. The molecule has 1 aromatic rings. The van der Waals surface area contributed by atoms with Gasteiger partial charge in [0.2, 0.25) is 0 Å². The molecule has 0 aliphatic carbocycles. The average molecular weight is 506 g/mol. The number of halogens is 10. The maximum Gasteiger partial charge on any atom is 0.471 e. The molecule has 0 saturated heterocycles. The fourth-order valence-electron chi connectivity index (χ4n) is 1.18. The molecule has 1 rings (SSSR count). The highest BCUT2D eigenvalue weighted by Gasteiger charge is 2.75. The van der Waals surface area contributed by atoms with E-state index >= 15 is 0 Å². The molecule has 0 atom stereocenters. The third-order valence-corrected chi connectivity index (χ3v) is 7.38. The number of alkyl halides is 10. The molecule has 0 fully saturated rings. The third kappa shape index (κ3) is 5.46. The number of sulfonamides is 2. The molecule has 0 aliphatic heterocycles. The van der Waals surface area contributed by atoms with Crippen molar-refractivity contribution in [3.05, 3.63) is 30.3 Å². The Balaban J connectivity index is 0.000000929. The SMILES string of the molecule is CN(S(=O)(=O)C(F)(F)C(F)(F)F)S(=O)(=O)C(F)(F)C(F)(F)F.[SH2+]c1ccccc1. The van der Waals surface area contributed by atoms with Crippen LogP contribution in [0.1, 0.15) is 0 Å². The van der Waals surface area contributed by atoms with Crippen LogP contribution in [0.2, 0.25) is 0 Å². The van der Waals surface area contributed by atoms with Gasteiger partial charge in [-0.25, -0.2) is 16.8 Å². The molecule has 29 heavy (non-hydrogen) atoms. The summed E-state index contributed by atoms with van der Waals surface area (Å²) in [4.78, 5) is 1.13. The predicted octanol–water partition coefficient (Wildman–Crippen LogP) is 2.95. The lowest BCUT2D eigenvalue weighted by atomic mass is 10.4. The zero-order valence-corrected chi connectivity index (χ0v) is 16.2. The van der Waals surface area contributed by atoms with Crippen molar-refractivity contribution in [2.75, 3.05) is 7.05 Å². The molecule has 0 spiro atoms. The Kier molecular flexibility index (Phi) is 8.09. The maximum absolute atomic E-state index is 12.6. The fraction of sp³-hybridized carbons (Fsp3) is 0.455. The minimum absolute atomic E-state index is 0.816. The summed E-state index contributed by atoms with van der Waals surface area (Å²) in [5.74, 6) is 0. The normalized spacial score (nSPS) is 14.4. The average Bonchev–Trinajstić information content (AvgIpc) is 2.52. The molecule has 0 saturated carbocycles. The molecule has 0 bridgehead atoms. The van der Waals surface area contributed by atoms with Gasteiger partial charge in [-0.1, -0.05) is 21.9 Å². The summed E-state index contributed by atoms with van der Waals surface area (Å²) in [6.07, 6.45) is -13.9. The van der Waals surface area contributed by atoms with Crippen molar-refractivity contribution < 1.29 is 60.7 Å². The van der Waals surface area contributed by atoms with E-state index in [1.165, 1.54) is 0 Å². The molecular weight excluding hydrogens is 496 g/mol. The van der Waals surface area contributed by atoms with E-state index in [1.807, 2.05) is 30.3 Å². The second-order valence-corrected chi connectivity index (χ2v) is 9.61. The van der Waals surface area contributed by atoms with E-state index in [4.69, 9.17) is 0 Å². The van der Waals surface area contributed by atoms with E-state index in [0.29, 0.717) is 0 Å². The van der Waals surface area contributed by atoms with Gasteiger partial charge in [-0.3, -0.25) is 0 Å². The summed E-state index contributed by atoms with van der Waals surface area (Å²) in [5, 5.41) is -13.9. The Morgan fingerprint density at radius 1 is 0.690 bits per heavy atom. The van der Waals surface area contributed by atoms with Gasteiger partial charge in [-0.15, -0.1) is 0 Å². The smallest absolute Gasteiger partial charge is 0.204 e. The predicted molar refractivity (Wildman–Crippen MR) is 82.5 cm³/mol. The molecule has 0 radical (unpaired) electrons. The summed E-state index contributed by atoms with van der Waals surface area (Å²) in [6, 6.07) is 9.96. The largest absolute Gasteiger partial charge is 0.471 e. The quantitative estimate of drug-likeness (QED) is 0.465. The summed E-state index contributed by atoms with van der Waals surface area (Å²) >= 11 is 3.36. The first-order chi connectivity index (χ1) is 12.5. The van der Waals surface area contributed by atoms with Crippen molar-refractivity contribution >= 4 is 32.7 Å². The van der Waals surface area contributed by atoms with Gasteiger partial charge in [0.05, 0.1) is 0 Å². The van der Waals surface area contributed by atoms with Crippen molar-refractivity contribution in [1.29, 1.82) is 0 Å². The molecule has 5 nitrogen and oxygen atoms in total. The van der Waals surface area contributed by atoms with Gasteiger partial charge in [0.25, 0.3) is 0 Å². The lowest BCUT2D eigenvalue weighted by Gasteiger charge is -2.28. The van der Waals surface area contributed by atoms with Crippen molar-refractivity contribution in [1.82, 2.24) is 3.71 Å². The van der Waals surface area contributed by atoms with Crippen LogP contribution in [0.15, 0.2) is 35.2 Å². The van der Waals surface area contributed by atoms with Gasteiger partial charge < -0.3 is 0 Å². The van der Waals surface area contributed by atoms with E-state index in [2.05, 4.69) is 12.6 Å². The van der Waals surface area contributed by atoms with Crippen LogP contribution in [0.3, 0.4) is 0 Å². The minimum Gasteiger partial charge on any atom is -0.204 e. The molecule has 0 aromatic heterocycles. The van der Waals surface area contributed by atoms with E-state index in [1.54, 1.807) is 0 Å². The van der Waals surface area contributed by atoms with E-state index in [0.717, 1.165) is 4.90 Å². The number of hydrogen-bond donors (Lipinski definition) is 0. The van der Waals surface area contributed by atoms with Crippen LogP contribution in [0.4, 0.5) is 43.9 Å². The standard InChI is InChI=1S/C6H6S.C5H3F10NO4S2/c7-6-4-2-1-3-5-6;1-16(21(17,18)4(12,13)2(6,7)8)22(19,20)5(14,15)3(9,10)11/h1-5,7H;1H3/p+1. The molecule has 18 heteroatoms. The Morgan fingerprint density at radius 3 is 1.14 bits per heavy atom. The topological polar surface area (TPSA) is 71.5 Å². The maximum atomic E-state index is 12.6. The molecule has 0 heterocycles. The lowest BCUT2D eigenvalue weighted by molar-refractivity contribution is -0.244. The van der Waals surface area contributed by atoms with Gasteiger partial charge in [0.1, 0.15) is 4.90 Å². The van der Waals surface area contributed by atoms with Gasteiger partial charge in [0.15, 0.2) is 0 Å². The van der Waals surface area contributed by atoms with Gasteiger partial charge in [-0.05, 0) is 24.8 Å². The highest BCUT2D eigenvalue weighted by Crippen LogP contribution is 2.46. The van der Waals surface area contributed by atoms with Crippen LogP contribution in [0, 0.1) is 0 Å². The Bertz CT molecular complexity index is 839. The van der Waals surface area contributed by atoms with Gasteiger partial charge in [0, 0.05) is 7.05 Å². The van der Waals surface area contributed by atoms with Crippen LogP contribution >= 0.6 is 0 Å². The molecule has 0 N–H and O–H groups in total. The van der Waals surface area contributed by atoms with Crippen molar-refractivity contribution in [3.63, 3.8) is 0 Å². The third-order valence-electron chi connectivity index (χ3n) is 2.76. The zero-order chi connectivity index (χ0) is 23.7. The first kappa shape index (κ1) is 27.7. The van der Waals surface area contributed by atoms with Gasteiger partial charge in [-0.2, -0.15) is 43.9 Å². The summed E-state index contributed by atoms with van der Waals surface area (Å²) in [5.41, 5.74) is 0. The Morgan fingerprint density at radius 2 is 0.966 bits per heavy atom. The van der Waals surface area contributed by atoms with Crippen molar-refractivity contribution in [2.24, 2.45) is 0 Å². The molecular formula is C11H10F10NO4S3+. The Labute approximate surface area is 162 Å². The van der Waals surface area contributed by atoms with Crippen molar-refractivity contribution in [3.8, 4) is 0 Å². The number of benzene rings is 1. The minimum atomic E-state index is -7.49. The molecule has 0 unspecified atom stereocenters. The summed E-state index contributed by atoms with van der Waals surface area (Å²) < 4.78 is 162. The highest BCUT2D eigenvalue weighted by molar-refractivity contribution is 8.05. The fourth-order valence-corrected chi connectivity index (χ4v) is 4.20. The summed E-state index contributed by atoms with van der Waals surface area (Å²) in [6.45, 7) is 0. The van der Waals surface area contributed by atoms with Crippen molar-refractivity contribution in [2.45, 2.75) is 27.8 Å². The molecule has 0 aliphatic rings. The van der Waals surface area contributed by atoms with Crippen LogP contribution in [0.5, 0.6) is 0 Å². The first-order valence-corrected chi connectivity index (χ1v) is 9.82. The van der Waals surface area contributed by atoms with E-state index < -0.39 is 53.7 Å². The van der Waals surface area contributed by atoms with Crippen LogP contribution < -0.4 is 0 Å². The number of rotatable bonds is 4. The monoisotopic (exact) mass is 506 g/mol. The number of nitrogens with zero attached hydrogens (tertiary/aromatic N) is 1. The highest BCUT2D eigenvalue weighted by atomic mass is 32.3. The molecule has 1 aromatic carbocycles. The zero-order valence-electron chi connectivity index (χ0n) is 13.6. The summed E-state index contributed by atoms with van der Waals surface area (Å²) in [7, 11) is -15.8. The second kappa shape index (κ2) is 8.46. The van der Waals surface area contributed by atoms with Crippen LogP contribution in [-0.2, 0) is 32.7 Å². The van der Waals surface area contributed by atoms with Gasteiger partial charge >= 0.3 is 42.9 Å². The van der Waals surface area contributed by atoms with E-state index in [9.17, 15) is 60.7 Å². The first-order valence-electron chi connectivity index (χ1n) is 6.44. The number of hydrogen-bond acceptors (Lipinski definition) is 4. The van der Waals surface area contributed by atoms with Crippen LogP contribution in [-0.4, -0.2) is 50.5 Å². The molecule has 0 amide bonds. The lowest BCUT2D eigenvalue weighted by Crippen LogP contribution is -2.57. The van der Waals surface area contributed by atoms with Crippen LogP contribution in [0.25, 0.3) is 0 Å².